The van der Waals surface area contributed by atoms with Gasteiger partial charge in [-0.3, -0.25) is 9.35 Å². The second kappa shape index (κ2) is 8.48. The molecule has 9 aliphatic rings. The maximum absolute atomic E-state index is 14.0. The van der Waals surface area contributed by atoms with Crippen molar-refractivity contribution in [3.63, 3.8) is 0 Å². The molecule has 1 saturated heterocycles. The summed E-state index contributed by atoms with van der Waals surface area (Å²) in [4.78, 5) is 25.6. The SMILES string of the molecule is O=C(OCC1CSC2(S1)C1CC3CC2CC(OC(=O)C(F)(F)S(=O)(=O)O)(C3)C1)C12CC3CC(CC(O)(C3)C1)C2. The zero-order valence-corrected chi connectivity index (χ0v) is 23.9. The highest BCUT2D eigenvalue weighted by Gasteiger charge is 2.68. The topological polar surface area (TPSA) is 127 Å². The summed E-state index contributed by atoms with van der Waals surface area (Å²) in [6.45, 7) is 0.303. The second-order valence-electron chi connectivity index (χ2n) is 13.7. The van der Waals surface area contributed by atoms with Crippen LogP contribution in [0.3, 0.4) is 0 Å². The lowest BCUT2D eigenvalue weighted by Gasteiger charge is -2.63. The summed E-state index contributed by atoms with van der Waals surface area (Å²) in [7, 11) is -5.92. The predicted octanol–water partition coefficient (Wildman–Crippen LogP) is 4.01. The number of ether oxygens (including phenoxy) is 2. The molecule has 8 aliphatic carbocycles. The van der Waals surface area contributed by atoms with Crippen molar-refractivity contribution in [2.75, 3.05) is 12.4 Å². The first-order valence-electron chi connectivity index (χ1n) is 13.9. The summed E-state index contributed by atoms with van der Waals surface area (Å²) < 4.78 is 70.0. The molecule has 218 valence electrons. The zero-order valence-electron chi connectivity index (χ0n) is 21.5. The van der Waals surface area contributed by atoms with Gasteiger partial charge in [-0.2, -0.15) is 17.2 Å². The minimum Gasteiger partial charge on any atom is -0.464 e. The Kier molecular flexibility index (Phi) is 5.92. The Labute approximate surface area is 234 Å². The number of alkyl halides is 2. The van der Waals surface area contributed by atoms with E-state index in [1.807, 2.05) is 11.8 Å². The van der Waals surface area contributed by atoms with Crippen LogP contribution in [-0.2, 0) is 29.2 Å². The minimum atomic E-state index is -5.92. The lowest BCUT2D eigenvalue weighted by Crippen LogP contribution is -2.62. The largest absolute Gasteiger partial charge is 0.465 e. The summed E-state index contributed by atoms with van der Waals surface area (Å²) in [5.74, 6) is -0.367. The molecule has 9 fully saturated rings. The molecule has 0 radical (unpaired) electrons. The van der Waals surface area contributed by atoms with Gasteiger partial charge in [0, 0.05) is 11.0 Å². The molecule has 8 nitrogen and oxygen atoms in total. The molecule has 0 aromatic rings. The molecule has 0 amide bonds. The fourth-order valence-electron chi connectivity index (χ4n) is 10.2. The Hall–Kier alpha value is -0.630. The molecule has 1 aliphatic heterocycles. The van der Waals surface area contributed by atoms with E-state index in [1.165, 1.54) is 0 Å². The first-order chi connectivity index (χ1) is 18.2. The van der Waals surface area contributed by atoms with Crippen LogP contribution in [0.5, 0.6) is 0 Å². The van der Waals surface area contributed by atoms with Gasteiger partial charge < -0.3 is 14.6 Å². The maximum Gasteiger partial charge on any atom is 0.465 e. The number of aliphatic hydroxyl groups is 1. The van der Waals surface area contributed by atoms with E-state index in [1.54, 1.807) is 11.8 Å². The molecule has 2 N–H and O–H groups in total. The molecule has 8 saturated carbocycles. The van der Waals surface area contributed by atoms with E-state index in [9.17, 15) is 31.9 Å². The fraction of sp³-hybridized carbons (Fsp3) is 0.923. The second-order valence-corrected chi connectivity index (χ2v) is 18.3. The van der Waals surface area contributed by atoms with E-state index in [4.69, 9.17) is 14.0 Å². The Morgan fingerprint density at radius 1 is 0.949 bits per heavy atom. The van der Waals surface area contributed by atoms with E-state index in [2.05, 4.69) is 0 Å². The van der Waals surface area contributed by atoms with Crippen LogP contribution in [-0.4, -0.2) is 68.2 Å². The summed E-state index contributed by atoms with van der Waals surface area (Å²) >= 11 is 3.64. The molecule has 5 unspecified atom stereocenters. The van der Waals surface area contributed by atoms with Crippen molar-refractivity contribution < 1.29 is 45.9 Å². The smallest absolute Gasteiger partial charge is 0.464 e. The first kappa shape index (κ1) is 27.2. The Balaban J connectivity index is 1.01. The van der Waals surface area contributed by atoms with Gasteiger partial charge in [0.25, 0.3) is 0 Å². The summed E-state index contributed by atoms with van der Waals surface area (Å²) in [6.07, 6.45) is 7.78. The molecule has 39 heavy (non-hydrogen) atoms. The van der Waals surface area contributed by atoms with Gasteiger partial charge in [-0.05, 0) is 100 Å². The lowest BCUT2D eigenvalue weighted by atomic mass is 9.48. The number of halogens is 2. The third kappa shape index (κ3) is 4.13. The summed E-state index contributed by atoms with van der Waals surface area (Å²) in [5.41, 5.74) is -2.43. The molecule has 1 spiro atoms. The van der Waals surface area contributed by atoms with Gasteiger partial charge in [-0.15, -0.1) is 23.5 Å². The Bertz CT molecular complexity index is 1180. The van der Waals surface area contributed by atoms with Crippen LogP contribution >= 0.6 is 23.5 Å². The molecular formula is C26H34F2O8S3. The van der Waals surface area contributed by atoms with E-state index >= 15 is 0 Å². The normalized spacial score (nSPS) is 49.5. The van der Waals surface area contributed by atoms with E-state index in [-0.39, 0.29) is 33.1 Å². The number of hydrogen-bond acceptors (Lipinski definition) is 9. The van der Waals surface area contributed by atoms with Crippen LogP contribution in [0.25, 0.3) is 0 Å². The molecular weight excluding hydrogens is 574 g/mol. The van der Waals surface area contributed by atoms with Crippen LogP contribution in [0.2, 0.25) is 0 Å². The molecule has 0 aromatic carbocycles. The van der Waals surface area contributed by atoms with E-state index in [0.29, 0.717) is 44.1 Å². The van der Waals surface area contributed by atoms with Crippen LogP contribution in [0.15, 0.2) is 0 Å². The van der Waals surface area contributed by atoms with Gasteiger partial charge in [-0.25, -0.2) is 4.79 Å². The molecule has 9 rings (SSSR count). The van der Waals surface area contributed by atoms with E-state index in [0.717, 1.165) is 50.7 Å². The number of thioether (sulfide) groups is 2. The number of rotatable bonds is 6. The average Bonchev–Trinajstić information content (AvgIpc) is 3.23. The van der Waals surface area contributed by atoms with Crippen molar-refractivity contribution in [2.45, 2.75) is 96.4 Å². The maximum atomic E-state index is 14.0. The van der Waals surface area contributed by atoms with Gasteiger partial charge in [-0.1, -0.05) is 0 Å². The molecule has 1 heterocycles. The van der Waals surface area contributed by atoms with Crippen molar-refractivity contribution in [1.29, 1.82) is 0 Å². The van der Waals surface area contributed by atoms with Crippen molar-refractivity contribution >= 4 is 45.6 Å². The number of carbonyl (C=O) groups excluding carboxylic acids is 2. The van der Waals surface area contributed by atoms with Crippen molar-refractivity contribution in [3.05, 3.63) is 0 Å². The van der Waals surface area contributed by atoms with Gasteiger partial charge >= 0.3 is 27.3 Å². The number of esters is 2. The van der Waals surface area contributed by atoms with Gasteiger partial charge in [0.1, 0.15) is 12.2 Å². The molecule has 13 heteroatoms. The third-order valence-corrected chi connectivity index (χ3v) is 15.9. The van der Waals surface area contributed by atoms with Crippen molar-refractivity contribution in [2.24, 2.45) is 35.0 Å². The number of carbonyl (C=O) groups is 2. The van der Waals surface area contributed by atoms with Crippen molar-refractivity contribution in [1.82, 2.24) is 0 Å². The third-order valence-electron chi connectivity index (χ3n) is 10.9. The quantitative estimate of drug-likeness (QED) is 0.337. The Morgan fingerprint density at radius 2 is 1.59 bits per heavy atom. The van der Waals surface area contributed by atoms with Crippen LogP contribution in [0, 0.1) is 35.0 Å². The Morgan fingerprint density at radius 3 is 2.18 bits per heavy atom. The van der Waals surface area contributed by atoms with Crippen molar-refractivity contribution in [3.8, 4) is 0 Å². The average molecular weight is 609 g/mol. The van der Waals surface area contributed by atoms with Gasteiger partial charge in [0.05, 0.1) is 15.1 Å². The molecule has 0 aromatic heterocycles. The molecule has 8 bridgehead atoms. The zero-order chi connectivity index (χ0) is 27.6. The van der Waals surface area contributed by atoms with E-state index < -0.39 is 38.0 Å². The number of hydrogen-bond donors (Lipinski definition) is 2. The highest BCUT2D eigenvalue weighted by Crippen LogP contribution is 2.71. The molecule has 5 atom stereocenters. The van der Waals surface area contributed by atoms with Gasteiger partial charge in [0.2, 0.25) is 0 Å². The predicted molar refractivity (Wildman–Crippen MR) is 138 cm³/mol. The van der Waals surface area contributed by atoms with Crippen LogP contribution in [0.1, 0.15) is 70.6 Å². The van der Waals surface area contributed by atoms with Gasteiger partial charge in [0.15, 0.2) is 0 Å². The highest BCUT2D eigenvalue weighted by atomic mass is 32.2. The highest BCUT2D eigenvalue weighted by molar-refractivity contribution is 8.21. The lowest BCUT2D eigenvalue weighted by molar-refractivity contribution is -0.201. The fourth-order valence-corrected chi connectivity index (χ4v) is 14.6. The van der Waals surface area contributed by atoms with Crippen LogP contribution < -0.4 is 0 Å². The standard InChI is InChI=1S/C26H34F2O8S3/c27-26(28,39(32,33)34)21(30)36-24-8-14-2-17(9-24)25(18(3-14)10-24)37-12-19(38-25)11-35-20(29)22-4-15-1-16(5-22)7-23(31,6-15)13-22/h14-19,31H,1-13H2,(H,32,33,34). The summed E-state index contributed by atoms with van der Waals surface area (Å²) in [6, 6.07) is 0. The monoisotopic (exact) mass is 608 g/mol. The summed E-state index contributed by atoms with van der Waals surface area (Å²) in [5, 5.41) is 6.11. The minimum absolute atomic E-state index is 0.0934. The van der Waals surface area contributed by atoms with Crippen LogP contribution in [0.4, 0.5) is 8.78 Å². The first-order valence-corrected chi connectivity index (χ1v) is 17.3.